The number of thioether (sulfide) groups is 1. The van der Waals surface area contributed by atoms with E-state index in [4.69, 9.17) is 0 Å². The number of hydrogen-bond donors (Lipinski definition) is 0. The molecule has 4 heteroatoms. The summed E-state index contributed by atoms with van der Waals surface area (Å²) < 4.78 is 0.0625. The van der Waals surface area contributed by atoms with Crippen molar-refractivity contribution in [1.29, 1.82) is 0 Å². The molecule has 0 bridgehead atoms. The molecule has 2 aliphatic rings. The Labute approximate surface area is 162 Å². The molecule has 2 aliphatic carbocycles. The predicted molar refractivity (Wildman–Crippen MR) is 84.5 cm³/mol. The zero-order valence-corrected chi connectivity index (χ0v) is 17.1. The van der Waals surface area contributed by atoms with Crippen LogP contribution in [0.15, 0.2) is 42.0 Å². The van der Waals surface area contributed by atoms with Gasteiger partial charge in [0.1, 0.15) is 0 Å². The zero-order valence-electron chi connectivity index (χ0n) is 13.2. The van der Waals surface area contributed by atoms with E-state index in [1.807, 2.05) is 23.9 Å². The van der Waals surface area contributed by atoms with Crippen LogP contribution in [-0.2, 0) is 21.7 Å². The zero-order chi connectivity index (χ0) is 13.6. The summed E-state index contributed by atoms with van der Waals surface area (Å²) in [5.41, 5.74) is 1.69. The second kappa shape index (κ2) is 12.1. The van der Waals surface area contributed by atoms with Crippen LogP contribution in [0.1, 0.15) is 33.6 Å². The summed E-state index contributed by atoms with van der Waals surface area (Å²) in [5, 5.41) is 0. The molecule has 2 rings (SSSR count). The molecule has 0 saturated heterocycles. The number of hydrogen-bond acceptors (Lipinski definition) is 1. The Morgan fingerprint density at radius 2 is 1.81 bits per heavy atom. The maximum absolute atomic E-state index is 4.34. The smallest absolute Gasteiger partial charge is 1.00 e. The summed E-state index contributed by atoms with van der Waals surface area (Å²) in [6.07, 6.45) is 19.8. The van der Waals surface area contributed by atoms with E-state index < -0.39 is 0 Å². The number of halogens is 2. The fourth-order valence-corrected chi connectivity index (χ4v) is 3.01. The van der Waals surface area contributed by atoms with Gasteiger partial charge in [-0.25, -0.2) is 12.2 Å². The SMILES string of the molecule is [C-]1=CC=CC1.[CH2-]C1(SC)CC=CC=C1C(C)(C)C.[Cl-].[Cl-].[Ti+4]. The molecule has 0 fully saturated rings. The van der Waals surface area contributed by atoms with E-state index in [0.717, 1.165) is 12.8 Å². The standard InChI is InChI=1S/C12H19S.C5H5.2ClH.Ti/c1-11(2,3)10-8-6-7-9-12(10,4)13-5;1-2-4-5-3-1;;;/h6-8H,4,9H2,1-3,5H3;1-3H,4H2;2*1H;/q2*-1;;;+4/p-2. The van der Waals surface area contributed by atoms with E-state index in [9.17, 15) is 0 Å². The Kier molecular flexibility index (Phi) is 15.2. The van der Waals surface area contributed by atoms with E-state index in [1.165, 1.54) is 5.57 Å². The molecule has 0 aliphatic heterocycles. The van der Waals surface area contributed by atoms with Crippen molar-refractivity contribution in [3.05, 3.63) is 55.0 Å². The number of rotatable bonds is 1. The second-order valence-corrected chi connectivity index (χ2v) is 6.85. The molecule has 21 heavy (non-hydrogen) atoms. The molecule has 0 N–H and O–H groups in total. The third-order valence-corrected chi connectivity index (χ3v) is 4.29. The molecule has 0 heterocycles. The van der Waals surface area contributed by atoms with Crippen LogP contribution in [0.3, 0.4) is 0 Å². The molecular formula is C17H24Cl2STi. The minimum Gasteiger partial charge on any atom is -1.00 e. The average molecular weight is 379 g/mol. The fraction of sp³-hybridized carbons (Fsp3) is 0.471. The van der Waals surface area contributed by atoms with Crippen LogP contribution in [0.2, 0.25) is 0 Å². The monoisotopic (exact) mass is 378 g/mol. The summed E-state index contributed by atoms with van der Waals surface area (Å²) in [4.78, 5) is 0. The maximum atomic E-state index is 4.34. The first-order chi connectivity index (χ1) is 8.40. The largest absolute Gasteiger partial charge is 4.00 e. The van der Waals surface area contributed by atoms with Gasteiger partial charge in [-0.05, 0) is 18.1 Å². The molecule has 0 amide bonds. The van der Waals surface area contributed by atoms with E-state index in [0.29, 0.717) is 0 Å². The van der Waals surface area contributed by atoms with E-state index >= 15 is 0 Å². The van der Waals surface area contributed by atoms with Crippen molar-refractivity contribution in [2.75, 3.05) is 6.26 Å². The van der Waals surface area contributed by atoms with Crippen LogP contribution in [0.4, 0.5) is 0 Å². The molecule has 1 atom stereocenters. The molecular weight excluding hydrogens is 355 g/mol. The van der Waals surface area contributed by atoms with E-state index in [2.05, 4.69) is 64.3 Å². The van der Waals surface area contributed by atoms with Gasteiger partial charge in [-0.15, -0.1) is 6.42 Å². The molecule has 0 aromatic heterocycles. The van der Waals surface area contributed by atoms with Crippen molar-refractivity contribution in [2.24, 2.45) is 5.41 Å². The van der Waals surface area contributed by atoms with E-state index in [-0.39, 0.29) is 56.7 Å². The van der Waals surface area contributed by atoms with Crippen molar-refractivity contribution in [1.82, 2.24) is 0 Å². The maximum Gasteiger partial charge on any atom is 4.00 e. The van der Waals surface area contributed by atoms with Crippen LogP contribution >= 0.6 is 11.8 Å². The van der Waals surface area contributed by atoms with Gasteiger partial charge in [0.05, 0.1) is 0 Å². The molecule has 0 aromatic rings. The first-order valence-electron chi connectivity index (χ1n) is 6.40. The Balaban J connectivity index is -0.000000349. The topological polar surface area (TPSA) is 0 Å². The summed E-state index contributed by atoms with van der Waals surface area (Å²) in [6, 6.07) is 0. The van der Waals surface area contributed by atoms with Crippen molar-refractivity contribution in [3.8, 4) is 0 Å². The van der Waals surface area contributed by atoms with Gasteiger partial charge in [0.2, 0.25) is 0 Å². The van der Waals surface area contributed by atoms with Crippen LogP contribution in [-0.4, -0.2) is 11.0 Å². The Morgan fingerprint density at radius 3 is 2.10 bits per heavy atom. The van der Waals surface area contributed by atoms with E-state index in [1.54, 1.807) is 0 Å². The molecule has 0 nitrogen and oxygen atoms in total. The summed E-state index contributed by atoms with van der Waals surface area (Å²) in [7, 11) is 0. The van der Waals surface area contributed by atoms with Gasteiger partial charge >= 0.3 is 21.7 Å². The molecule has 1 unspecified atom stereocenters. The van der Waals surface area contributed by atoms with Gasteiger partial charge < -0.3 is 31.7 Å². The van der Waals surface area contributed by atoms with Gasteiger partial charge in [-0.2, -0.15) is 17.8 Å². The molecule has 0 saturated carbocycles. The predicted octanol–water partition coefficient (Wildman–Crippen LogP) is -0.834. The second-order valence-electron chi connectivity index (χ2n) is 5.66. The third kappa shape index (κ3) is 8.72. The Bertz CT molecular complexity index is 382. The van der Waals surface area contributed by atoms with Gasteiger partial charge in [-0.3, -0.25) is 6.08 Å². The third-order valence-electron chi connectivity index (χ3n) is 3.12. The van der Waals surface area contributed by atoms with Gasteiger partial charge in [-0.1, -0.05) is 49.3 Å². The fourth-order valence-electron chi connectivity index (χ4n) is 2.15. The summed E-state index contributed by atoms with van der Waals surface area (Å²) in [5.74, 6) is 0. The van der Waals surface area contributed by atoms with Gasteiger partial charge in [0.25, 0.3) is 0 Å². The summed E-state index contributed by atoms with van der Waals surface area (Å²) >= 11 is 1.85. The van der Waals surface area contributed by atoms with Gasteiger partial charge in [0, 0.05) is 0 Å². The average Bonchev–Trinajstić information content (AvgIpc) is 2.86. The minimum atomic E-state index is 0. The van der Waals surface area contributed by atoms with Crippen molar-refractivity contribution < 1.29 is 46.5 Å². The first-order valence-corrected chi connectivity index (χ1v) is 7.62. The Morgan fingerprint density at radius 1 is 1.19 bits per heavy atom. The minimum absolute atomic E-state index is 0. The molecule has 0 radical (unpaired) electrons. The van der Waals surface area contributed by atoms with Crippen molar-refractivity contribution >= 4 is 11.8 Å². The summed E-state index contributed by atoms with van der Waals surface area (Å²) in [6.45, 7) is 11.1. The quantitative estimate of drug-likeness (QED) is 0.423. The molecule has 0 spiro atoms. The molecule has 116 valence electrons. The molecule has 0 aromatic carbocycles. The Hall–Kier alpha value is 0.604. The van der Waals surface area contributed by atoms with Gasteiger partial charge in [0.15, 0.2) is 0 Å². The van der Waals surface area contributed by atoms with Crippen molar-refractivity contribution in [2.45, 2.75) is 38.4 Å². The van der Waals surface area contributed by atoms with Crippen LogP contribution < -0.4 is 24.8 Å². The van der Waals surface area contributed by atoms with Crippen LogP contribution in [0, 0.1) is 18.4 Å². The van der Waals surface area contributed by atoms with Crippen molar-refractivity contribution in [3.63, 3.8) is 0 Å². The van der Waals surface area contributed by atoms with Crippen LogP contribution in [0.25, 0.3) is 0 Å². The van der Waals surface area contributed by atoms with Crippen LogP contribution in [0.5, 0.6) is 0 Å². The first kappa shape index (κ1) is 26.5. The normalized spacial score (nSPS) is 22.0. The number of allylic oxidation sites excluding steroid dienone is 7.